The lowest BCUT2D eigenvalue weighted by molar-refractivity contribution is 0.144. The minimum atomic E-state index is -0.957. The molecule has 2 bridgehead atoms. The van der Waals surface area contributed by atoms with Crippen molar-refractivity contribution in [1.29, 1.82) is 0 Å². The van der Waals surface area contributed by atoms with Crippen LogP contribution in [-0.2, 0) is 0 Å². The molecule has 5 rings (SSSR count). The smallest absolute Gasteiger partial charge is 0.233 e. The first-order chi connectivity index (χ1) is 15.4. The fraction of sp³-hybridized carbons (Fsp3) is 0.455. The molecule has 10 heteroatoms. The first-order valence-corrected chi connectivity index (χ1v) is 11.4. The lowest BCUT2D eigenvalue weighted by Gasteiger charge is -2.42. The second-order valence-electron chi connectivity index (χ2n) is 8.79. The Kier molecular flexibility index (Phi) is 5.21. The zero-order chi connectivity index (χ0) is 22.5. The lowest BCUT2D eigenvalue weighted by Crippen LogP contribution is -2.60. The number of aromatic hydroxyl groups is 1. The number of anilines is 1. The van der Waals surface area contributed by atoms with Crippen molar-refractivity contribution < 1.29 is 14.2 Å². The summed E-state index contributed by atoms with van der Waals surface area (Å²) in [4.78, 5) is 1.91. The van der Waals surface area contributed by atoms with Gasteiger partial charge in [0.1, 0.15) is 11.9 Å². The highest BCUT2D eigenvalue weighted by atomic mass is 32.1. The Balaban J connectivity index is 1.38. The van der Waals surface area contributed by atoms with E-state index < -0.39 is 6.17 Å². The number of alkyl halides is 1. The van der Waals surface area contributed by atoms with Crippen LogP contribution in [0.25, 0.3) is 21.7 Å². The Labute approximate surface area is 189 Å². The number of benzene rings is 1. The zero-order valence-corrected chi connectivity index (χ0v) is 18.9. The lowest BCUT2D eigenvalue weighted by atomic mass is 9.88. The largest absolute Gasteiger partial charge is 0.507 e. The fourth-order valence-electron chi connectivity index (χ4n) is 4.76. The number of hydrogen-bond acceptors (Lipinski definition) is 9. The Morgan fingerprint density at radius 3 is 2.88 bits per heavy atom. The molecule has 0 spiro atoms. The first-order valence-electron chi connectivity index (χ1n) is 10.6. The van der Waals surface area contributed by atoms with Gasteiger partial charge in [-0.2, -0.15) is 5.10 Å². The second kappa shape index (κ2) is 7.93. The summed E-state index contributed by atoms with van der Waals surface area (Å²) >= 11 is 1.35. The molecular weight excluding hydrogens is 431 g/mol. The predicted octanol–water partition coefficient (Wildman–Crippen LogP) is 3.43. The summed E-state index contributed by atoms with van der Waals surface area (Å²) in [5.41, 5.74) is 2.10. The quantitative estimate of drug-likeness (QED) is 0.603. The van der Waals surface area contributed by atoms with E-state index in [4.69, 9.17) is 4.74 Å². The maximum absolute atomic E-state index is 15.1. The number of phenols is 1. The second-order valence-corrected chi connectivity index (χ2v) is 9.74. The molecule has 1 aromatic carbocycles. The average Bonchev–Trinajstić information content (AvgIpc) is 3.41. The van der Waals surface area contributed by atoms with Gasteiger partial charge in [0, 0.05) is 30.3 Å². The van der Waals surface area contributed by atoms with Gasteiger partial charge in [-0.25, -0.2) is 4.39 Å². The summed E-state index contributed by atoms with van der Waals surface area (Å²) in [6, 6.07) is 6.72. The molecule has 2 aromatic heterocycles. The number of ether oxygens (including phenoxy) is 1. The highest BCUT2D eigenvalue weighted by molar-refractivity contribution is 7.18. The van der Waals surface area contributed by atoms with Crippen molar-refractivity contribution in [3.8, 4) is 33.3 Å². The van der Waals surface area contributed by atoms with Crippen molar-refractivity contribution in [2.75, 3.05) is 19.1 Å². The SMILES string of the molecule is COc1cc(-c2ccc(-c3nnc(N(C)[C@@H]4C[C@@]5(C)CC[C@H](N5)[C@@H]4F)s3)c(O)c2)cnn1. The van der Waals surface area contributed by atoms with Crippen molar-refractivity contribution in [3.63, 3.8) is 0 Å². The molecule has 2 saturated heterocycles. The molecule has 0 unspecified atom stereocenters. The van der Waals surface area contributed by atoms with Crippen LogP contribution >= 0.6 is 11.3 Å². The van der Waals surface area contributed by atoms with Crippen LogP contribution in [-0.4, -0.2) is 63.5 Å². The molecular formula is C22H25FN6O2S. The molecule has 4 atom stereocenters. The van der Waals surface area contributed by atoms with E-state index in [1.54, 1.807) is 24.4 Å². The van der Waals surface area contributed by atoms with Crippen LogP contribution in [0.1, 0.15) is 26.2 Å². The van der Waals surface area contributed by atoms with Crippen LogP contribution in [0.2, 0.25) is 0 Å². The van der Waals surface area contributed by atoms with Gasteiger partial charge in [-0.05, 0) is 43.9 Å². The fourth-order valence-corrected chi connectivity index (χ4v) is 5.66. The number of nitrogens with one attached hydrogen (secondary N) is 1. The van der Waals surface area contributed by atoms with E-state index in [1.807, 2.05) is 18.0 Å². The number of fused-ring (bicyclic) bond motifs is 2. The van der Waals surface area contributed by atoms with Crippen molar-refractivity contribution in [2.45, 2.75) is 50.0 Å². The van der Waals surface area contributed by atoms with E-state index in [0.29, 0.717) is 21.6 Å². The Hall–Kier alpha value is -2.85. The molecule has 2 N–H and O–H groups in total. The molecule has 0 amide bonds. The van der Waals surface area contributed by atoms with E-state index in [0.717, 1.165) is 30.4 Å². The molecule has 4 heterocycles. The van der Waals surface area contributed by atoms with Crippen LogP contribution in [0.5, 0.6) is 11.6 Å². The number of nitrogens with zero attached hydrogens (tertiary/aromatic N) is 5. The number of halogens is 1. The van der Waals surface area contributed by atoms with Crippen LogP contribution < -0.4 is 15.0 Å². The van der Waals surface area contributed by atoms with Gasteiger partial charge in [-0.1, -0.05) is 17.4 Å². The summed E-state index contributed by atoms with van der Waals surface area (Å²) in [7, 11) is 3.40. The van der Waals surface area contributed by atoms with Crippen molar-refractivity contribution >= 4 is 16.5 Å². The van der Waals surface area contributed by atoms with Gasteiger partial charge in [0.25, 0.3) is 0 Å². The maximum atomic E-state index is 15.1. The number of aromatic nitrogens is 4. The number of phenolic OH excluding ortho intramolecular Hbond substituents is 1. The predicted molar refractivity (Wildman–Crippen MR) is 121 cm³/mol. The molecule has 2 aliphatic heterocycles. The third-order valence-corrected chi connectivity index (χ3v) is 7.62. The first kappa shape index (κ1) is 21.0. The summed E-state index contributed by atoms with van der Waals surface area (Å²) in [5.74, 6) is 0.480. The highest BCUT2D eigenvalue weighted by Gasteiger charge is 2.49. The van der Waals surface area contributed by atoms with Crippen LogP contribution in [0.15, 0.2) is 30.5 Å². The highest BCUT2D eigenvalue weighted by Crippen LogP contribution is 2.42. The molecule has 0 saturated carbocycles. The Morgan fingerprint density at radius 2 is 2.09 bits per heavy atom. The van der Waals surface area contributed by atoms with Gasteiger partial charge < -0.3 is 20.1 Å². The van der Waals surface area contributed by atoms with E-state index in [1.165, 1.54) is 18.4 Å². The molecule has 0 radical (unpaired) electrons. The maximum Gasteiger partial charge on any atom is 0.233 e. The van der Waals surface area contributed by atoms with E-state index in [2.05, 4.69) is 32.6 Å². The minimum Gasteiger partial charge on any atom is -0.507 e. The molecule has 168 valence electrons. The molecule has 32 heavy (non-hydrogen) atoms. The number of piperidine rings is 1. The zero-order valence-electron chi connectivity index (χ0n) is 18.1. The van der Waals surface area contributed by atoms with Crippen molar-refractivity contribution in [3.05, 3.63) is 30.5 Å². The third kappa shape index (κ3) is 3.67. The molecule has 3 aromatic rings. The Bertz CT molecular complexity index is 1140. The number of methoxy groups -OCH3 is 1. The monoisotopic (exact) mass is 456 g/mol. The normalized spacial score (nSPS) is 26.8. The molecule has 2 aliphatic rings. The van der Waals surface area contributed by atoms with Gasteiger partial charge in [0.2, 0.25) is 11.0 Å². The van der Waals surface area contributed by atoms with Gasteiger partial charge in [-0.3, -0.25) is 0 Å². The number of hydrogen-bond donors (Lipinski definition) is 2. The standard InChI is InChI=1S/C22H25FN6O2S/c1-22-7-6-15(25-22)19(23)16(10-22)29(2)21-28-27-20(32-21)14-5-4-12(8-17(14)30)13-9-18(31-3)26-24-11-13/h4-5,8-9,11,15-16,19,25,30H,6-7,10H2,1-3H3/t15-,16+,19-,22+/m0/s1. The van der Waals surface area contributed by atoms with Crippen LogP contribution in [0, 0.1) is 0 Å². The van der Waals surface area contributed by atoms with Crippen molar-refractivity contribution in [2.24, 2.45) is 0 Å². The topological polar surface area (TPSA) is 96.3 Å². The summed E-state index contributed by atoms with van der Waals surface area (Å²) in [5, 5.41) is 31.7. The Morgan fingerprint density at radius 1 is 1.25 bits per heavy atom. The van der Waals surface area contributed by atoms with E-state index in [-0.39, 0.29) is 23.4 Å². The van der Waals surface area contributed by atoms with Gasteiger partial charge in [-0.15, -0.1) is 15.3 Å². The number of rotatable bonds is 5. The summed E-state index contributed by atoms with van der Waals surface area (Å²) in [6.45, 7) is 2.17. The molecule has 0 aliphatic carbocycles. The van der Waals surface area contributed by atoms with E-state index >= 15 is 4.39 Å². The van der Waals surface area contributed by atoms with Gasteiger partial charge in [0.05, 0.1) is 24.9 Å². The third-order valence-electron chi connectivity index (χ3n) is 6.57. The summed E-state index contributed by atoms with van der Waals surface area (Å²) in [6.07, 6.45) is 3.22. The van der Waals surface area contributed by atoms with Crippen molar-refractivity contribution in [1.82, 2.24) is 25.7 Å². The molecule has 2 fully saturated rings. The van der Waals surface area contributed by atoms with Gasteiger partial charge >= 0.3 is 0 Å². The minimum absolute atomic E-state index is 0.0295. The van der Waals surface area contributed by atoms with Crippen LogP contribution in [0.3, 0.4) is 0 Å². The van der Waals surface area contributed by atoms with Crippen LogP contribution in [0.4, 0.5) is 9.52 Å². The average molecular weight is 457 g/mol. The van der Waals surface area contributed by atoms with Gasteiger partial charge in [0.15, 0.2) is 5.01 Å². The summed E-state index contributed by atoms with van der Waals surface area (Å²) < 4.78 is 20.2. The molecule has 8 nitrogen and oxygen atoms in total. The van der Waals surface area contributed by atoms with E-state index in [9.17, 15) is 5.11 Å².